The van der Waals surface area contributed by atoms with Gasteiger partial charge >= 0.3 is 0 Å². The van der Waals surface area contributed by atoms with Crippen LogP contribution in [0.3, 0.4) is 0 Å². The van der Waals surface area contributed by atoms with Crippen LogP contribution >= 0.6 is 11.8 Å². The summed E-state index contributed by atoms with van der Waals surface area (Å²) >= 11 is 1.98. The number of amides is 1. The van der Waals surface area contributed by atoms with Crippen LogP contribution in [0.5, 0.6) is 0 Å². The first-order valence-electron chi connectivity index (χ1n) is 7.41. The Morgan fingerprint density at radius 2 is 2.30 bits per heavy atom. The van der Waals surface area contributed by atoms with Crippen LogP contribution in [0.4, 0.5) is 5.69 Å². The van der Waals surface area contributed by atoms with Crippen LogP contribution in [0.15, 0.2) is 18.2 Å². The molecule has 1 saturated heterocycles. The normalized spacial score (nSPS) is 18.0. The molecule has 4 heteroatoms. The molecular weight excluding hydrogens is 268 g/mol. The number of aryl methyl sites for hydroxylation is 1. The van der Waals surface area contributed by atoms with Crippen molar-refractivity contribution >= 4 is 23.4 Å². The summed E-state index contributed by atoms with van der Waals surface area (Å²) in [6.07, 6.45) is 2.32. The van der Waals surface area contributed by atoms with Gasteiger partial charge in [-0.05, 0) is 61.0 Å². The highest BCUT2D eigenvalue weighted by molar-refractivity contribution is 7.99. The van der Waals surface area contributed by atoms with E-state index >= 15 is 0 Å². The molecule has 2 N–H and O–H groups in total. The van der Waals surface area contributed by atoms with Crippen molar-refractivity contribution in [3.63, 3.8) is 0 Å². The van der Waals surface area contributed by atoms with Crippen LogP contribution in [0.1, 0.15) is 35.7 Å². The fourth-order valence-corrected chi connectivity index (χ4v) is 3.63. The molecule has 0 radical (unpaired) electrons. The smallest absolute Gasteiger partial charge is 0.251 e. The average Bonchev–Trinajstić information content (AvgIpc) is 2.96. The molecule has 1 aromatic carbocycles. The first-order chi connectivity index (χ1) is 9.70. The van der Waals surface area contributed by atoms with Crippen molar-refractivity contribution in [3.8, 4) is 0 Å². The van der Waals surface area contributed by atoms with E-state index in [4.69, 9.17) is 0 Å². The molecule has 1 unspecified atom stereocenters. The third-order valence-corrected chi connectivity index (χ3v) is 4.86. The van der Waals surface area contributed by atoms with Gasteiger partial charge < -0.3 is 10.6 Å². The SMILES string of the molecule is CCCNc1ccc(C(=O)NCC2CCSC2)cc1C. The molecule has 2 rings (SSSR count). The van der Waals surface area contributed by atoms with Crippen LogP contribution in [-0.2, 0) is 0 Å². The second-order valence-corrected chi connectivity index (χ2v) is 6.55. The maximum Gasteiger partial charge on any atom is 0.251 e. The summed E-state index contributed by atoms with van der Waals surface area (Å²) in [5, 5.41) is 6.43. The van der Waals surface area contributed by atoms with Gasteiger partial charge in [-0.15, -0.1) is 0 Å². The summed E-state index contributed by atoms with van der Waals surface area (Å²) < 4.78 is 0. The number of thioether (sulfide) groups is 1. The molecular formula is C16H24N2OS. The summed E-state index contributed by atoms with van der Waals surface area (Å²) in [7, 11) is 0. The number of carbonyl (C=O) groups excluding carboxylic acids is 1. The minimum atomic E-state index is 0.0482. The quantitative estimate of drug-likeness (QED) is 0.845. The highest BCUT2D eigenvalue weighted by atomic mass is 32.2. The monoisotopic (exact) mass is 292 g/mol. The predicted octanol–water partition coefficient (Wildman–Crippen LogP) is 3.30. The Kier molecular flexibility index (Phi) is 5.77. The largest absolute Gasteiger partial charge is 0.385 e. The number of benzene rings is 1. The number of hydrogen-bond donors (Lipinski definition) is 2. The highest BCUT2D eigenvalue weighted by Gasteiger charge is 2.16. The predicted molar refractivity (Wildman–Crippen MR) is 87.7 cm³/mol. The molecule has 0 aliphatic carbocycles. The highest BCUT2D eigenvalue weighted by Crippen LogP contribution is 2.22. The third kappa shape index (κ3) is 4.17. The van der Waals surface area contributed by atoms with E-state index in [9.17, 15) is 4.79 Å². The van der Waals surface area contributed by atoms with Crippen molar-refractivity contribution in [1.82, 2.24) is 5.32 Å². The summed E-state index contributed by atoms with van der Waals surface area (Å²) in [6, 6.07) is 5.88. The van der Waals surface area contributed by atoms with Gasteiger partial charge in [0.05, 0.1) is 0 Å². The van der Waals surface area contributed by atoms with Crippen molar-refractivity contribution < 1.29 is 4.79 Å². The third-order valence-electron chi connectivity index (χ3n) is 3.63. The molecule has 3 nitrogen and oxygen atoms in total. The number of nitrogens with one attached hydrogen (secondary N) is 2. The Bertz CT molecular complexity index is 456. The first-order valence-corrected chi connectivity index (χ1v) is 8.56. The van der Waals surface area contributed by atoms with Crippen molar-refractivity contribution in [2.45, 2.75) is 26.7 Å². The summed E-state index contributed by atoms with van der Waals surface area (Å²) in [5.41, 5.74) is 3.01. The maximum atomic E-state index is 12.1. The standard InChI is InChI=1S/C16H24N2OS/c1-3-7-17-15-5-4-14(9-12(15)2)16(19)18-10-13-6-8-20-11-13/h4-5,9,13,17H,3,6-8,10-11H2,1-2H3,(H,18,19). The second kappa shape index (κ2) is 7.58. The van der Waals surface area contributed by atoms with Crippen LogP contribution in [0.2, 0.25) is 0 Å². The van der Waals surface area contributed by atoms with E-state index in [0.29, 0.717) is 5.92 Å². The molecule has 1 aliphatic heterocycles. The molecule has 0 aromatic heterocycles. The minimum absolute atomic E-state index is 0.0482. The zero-order chi connectivity index (χ0) is 14.4. The maximum absolute atomic E-state index is 12.1. The average molecular weight is 292 g/mol. The van der Waals surface area contributed by atoms with E-state index < -0.39 is 0 Å². The van der Waals surface area contributed by atoms with Crippen molar-refractivity contribution in [2.24, 2.45) is 5.92 Å². The van der Waals surface area contributed by atoms with Gasteiger partial charge in [0.2, 0.25) is 0 Å². The molecule has 1 heterocycles. The fraction of sp³-hybridized carbons (Fsp3) is 0.562. The number of rotatable bonds is 6. The van der Waals surface area contributed by atoms with Crippen LogP contribution in [0, 0.1) is 12.8 Å². The van der Waals surface area contributed by atoms with Gasteiger partial charge in [0.1, 0.15) is 0 Å². The fourth-order valence-electron chi connectivity index (χ4n) is 2.35. The molecule has 0 spiro atoms. The number of anilines is 1. The van der Waals surface area contributed by atoms with Gasteiger partial charge in [0, 0.05) is 24.3 Å². The van der Waals surface area contributed by atoms with Crippen LogP contribution in [-0.4, -0.2) is 30.5 Å². The van der Waals surface area contributed by atoms with E-state index in [-0.39, 0.29) is 5.91 Å². The Morgan fingerprint density at radius 1 is 1.45 bits per heavy atom. The number of hydrogen-bond acceptors (Lipinski definition) is 3. The zero-order valence-electron chi connectivity index (χ0n) is 12.4. The Morgan fingerprint density at radius 3 is 2.95 bits per heavy atom. The topological polar surface area (TPSA) is 41.1 Å². The van der Waals surface area contributed by atoms with Gasteiger partial charge in [-0.3, -0.25) is 4.79 Å². The van der Waals surface area contributed by atoms with Gasteiger partial charge in [0.15, 0.2) is 0 Å². The molecule has 1 atom stereocenters. The second-order valence-electron chi connectivity index (χ2n) is 5.40. The molecule has 1 aliphatic rings. The van der Waals surface area contributed by atoms with E-state index in [1.807, 2.05) is 36.9 Å². The molecule has 20 heavy (non-hydrogen) atoms. The summed E-state index contributed by atoms with van der Waals surface area (Å²) in [6.45, 7) is 5.96. The lowest BCUT2D eigenvalue weighted by Gasteiger charge is -2.12. The first kappa shape index (κ1) is 15.2. The van der Waals surface area contributed by atoms with Crippen molar-refractivity contribution in [3.05, 3.63) is 29.3 Å². The Labute approximate surface area is 125 Å². The van der Waals surface area contributed by atoms with Crippen molar-refractivity contribution in [1.29, 1.82) is 0 Å². The van der Waals surface area contributed by atoms with E-state index in [2.05, 4.69) is 17.6 Å². The van der Waals surface area contributed by atoms with Crippen LogP contribution < -0.4 is 10.6 Å². The molecule has 1 amide bonds. The van der Waals surface area contributed by atoms with Gasteiger partial charge in [-0.25, -0.2) is 0 Å². The molecule has 0 saturated carbocycles. The minimum Gasteiger partial charge on any atom is -0.385 e. The zero-order valence-corrected chi connectivity index (χ0v) is 13.2. The van der Waals surface area contributed by atoms with E-state index in [1.165, 1.54) is 17.9 Å². The summed E-state index contributed by atoms with van der Waals surface area (Å²) in [4.78, 5) is 12.1. The molecule has 110 valence electrons. The Balaban J connectivity index is 1.90. The molecule has 1 aromatic rings. The van der Waals surface area contributed by atoms with Crippen molar-refractivity contribution in [2.75, 3.05) is 29.9 Å². The lowest BCUT2D eigenvalue weighted by Crippen LogP contribution is -2.29. The lowest BCUT2D eigenvalue weighted by molar-refractivity contribution is 0.0948. The Hall–Kier alpha value is -1.16. The molecule has 0 bridgehead atoms. The summed E-state index contributed by atoms with van der Waals surface area (Å²) in [5.74, 6) is 3.11. The molecule has 1 fully saturated rings. The van der Waals surface area contributed by atoms with Gasteiger partial charge in [-0.2, -0.15) is 11.8 Å². The van der Waals surface area contributed by atoms with Gasteiger partial charge in [-0.1, -0.05) is 6.92 Å². The van der Waals surface area contributed by atoms with E-state index in [0.717, 1.165) is 36.3 Å². The van der Waals surface area contributed by atoms with Gasteiger partial charge in [0.25, 0.3) is 5.91 Å². The van der Waals surface area contributed by atoms with E-state index in [1.54, 1.807) is 0 Å². The van der Waals surface area contributed by atoms with Crippen LogP contribution in [0.25, 0.3) is 0 Å². The lowest BCUT2D eigenvalue weighted by atomic mass is 10.1. The number of carbonyl (C=O) groups is 1.